The average Bonchev–Trinajstić information content (AvgIpc) is 2.60. The third-order valence-corrected chi connectivity index (χ3v) is 3.71. The summed E-state index contributed by atoms with van der Waals surface area (Å²) in [6, 6.07) is 3.66. The van der Waals surface area contributed by atoms with Crippen molar-refractivity contribution < 1.29 is 14.7 Å². The molecule has 0 saturated heterocycles. The molecule has 0 radical (unpaired) electrons. The molecule has 2 heterocycles. The van der Waals surface area contributed by atoms with Crippen LogP contribution < -0.4 is 4.90 Å². The van der Waals surface area contributed by atoms with E-state index in [1.54, 1.807) is 12.3 Å². The van der Waals surface area contributed by atoms with Gasteiger partial charge in [0.15, 0.2) is 0 Å². The highest BCUT2D eigenvalue weighted by Crippen LogP contribution is 2.44. The van der Waals surface area contributed by atoms with E-state index in [2.05, 4.69) is 4.98 Å². The van der Waals surface area contributed by atoms with Crippen LogP contribution in [0.1, 0.15) is 32.3 Å². The van der Waals surface area contributed by atoms with Gasteiger partial charge >= 0.3 is 5.97 Å². The summed E-state index contributed by atoms with van der Waals surface area (Å²) in [6.45, 7) is 3.56. The van der Waals surface area contributed by atoms with Crippen LogP contribution in [0.25, 0.3) is 0 Å². The molecule has 5 nitrogen and oxygen atoms in total. The van der Waals surface area contributed by atoms with Gasteiger partial charge in [0.2, 0.25) is 5.91 Å². The maximum Gasteiger partial charge on any atom is 0.323 e. The van der Waals surface area contributed by atoms with Crippen molar-refractivity contribution >= 4 is 17.7 Å². The summed E-state index contributed by atoms with van der Waals surface area (Å²) in [5, 5.41) is 8.91. The number of carbonyl (C=O) groups excluding carboxylic acids is 1. The van der Waals surface area contributed by atoms with Crippen LogP contribution in [-0.4, -0.2) is 28.5 Å². The number of aliphatic carboxylic acids is 1. The molecule has 0 spiro atoms. The lowest BCUT2D eigenvalue weighted by Crippen LogP contribution is -2.42. The number of carboxylic acids is 1. The number of carbonyl (C=O) groups is 2. The summed E-state index contributed by atoms with van der Waals surface area (Å²) < 4.78 is 0. The number of nitrogens with zero attached hydrogens (tertiary/aromatic N) is 2. The topological polar surface area (TPSA) is 70.5 Å². The van der Waals surface area contributed by atoms with Crippen LogP contribution in [0.4, 0.5) is 5.82 Å². The molecule has 0 aliphatic carbocycles. The van der Waals surface area contributed by atoms with Crippen molar-refractivity contribution in [1.82, 2.24) is 4.98 Å². The minimum Gasteiger partial charge on any atom is -0.480 e. The summed E-state index contributed by atoms with van der Waals surface area (Å²) >= 11 is 0. The van der Waals surface area contributed by atoms with Gasteiger partial charge in [0.25, 0.3) is 0 Å². The first-order chi connectivity index (χ1) is 8.56. The Hall–Kier alpha value is -1.91. The van der Waals surface area contributed by atoms with Gasteiger partial charge in [-0.1, -0.05) is 19.9 Å². The predicted octanol–water partition coefficient (Wildman–Crippen LogP) is 1.57. The molecule has 0 unspecified atom stereocenters. The van der Waals surface area contributed by atoms with Crippen molar-refractivity contribution in [2.24, 2.45) is 0 Å². The fourth-order valence-electron chi connectivity index (χ4n) is 2.67. The average molecular weight is 248 g/mol. The van der Waals surface area contributed by atoms with Crippen molar-refractivity contribution in [3.8, 4) is 0 Å². The lowest BCUT2D eigenvalue weighted by atomic mass is 9.77. The number of aromatic nitrogens is 1. The number of rotatable bonds is 4. The van der Waals surface area contributed by atoms with E-state index in [1.165, 1.54) is 4.90 Å². The van der Waals surface area contributed by atoms with Gasteiger partial charge in [0, 0.05) is 11.8 Å². The lowest BCUT2D eigenvalue weighted by Gasteiger charge is -2.25. The Balaban J connectivity index is 2.56. The Morgan fingerprint density at radius 3 is 2.67 bits per heavy atom. The van der Waals surface area contributed by atoms with E-state index in [1.807, 2.05) is 19.9 Å². The summed E-state index contributed by atoms with van der Waals surface area (Å²) in [7, 11) is 0. The number of fused-ring (bicyclic) bond motifs is 1. The van der Waals surface area contributed by atoms with Crippen LogP contribution in [-0.2, 0) is 15.0 Å². The zero-order chi connectivity index (χ0) is 13.3. The smallest absolute Gasteiger partial charge is 0.323 e. The van der Waals surface area contributed by atoms with E-state index < -0.39 is 11.4 Å². The molecule has 0 aromatic carbocycles. The van der Waals surface area contributed by atoms with Gasteiger partial charge in [0.05, 0.1) is 5.41 Å². The summed E-state index contributed by atoms with van der Waals surface area (Å²) in [5.74, 6) is -0.680. The highest BCUT2D eigenvalue weighted by molar-refractivity contribution is 6.09. The largest absolute Gasteiger partial charge is 0.480 e. The summed E-state index contributed by atoms with van der Waals surface area (Å²) in [4.78, 5) is 28.8. The van der Waals surface area contributed by atoms with Crippen LogP contribution in [0.15, 0.2) is 18.3 Å². The number of pyridine rings is 1. The van der Waals surface area contributed by atoms with Gasteiger partial charge in [-0.2, -0.15) is 0 Å². The first-order valence-corrected chi connectivity index (χ1v) is 6.06. The number of hydrogen-bond donors (Lipinski definition) is 1. The van der Waals surface area contributed by atoms with E-state index in [0.717, 1.165) is 5.56 Å². The van der Waals surface area contributed by atoms with E-state index in [-0.39, 0.29) is 12.5 Å². The standard InChI is InChI=1S/C13H16N2O3/c1-3-13(4-2)9-6-5-7-14-11(9)15(12(13)18)8-10(16)17/h5-7H,3-4,8H2,1-2H3,(H,16,17). The number of carboxylic acid groups (broad SMARTS) is 1. The Bertz CT molecular complexity index is 495. The van der Waals surface area contributed by atoms with Gasteiger partial charge in [-0.15, -0.1) is 0 Å². The van der Waals surface area contributed by atoms with Gasteiger partial charge in [-0.3, -0.25) is 14.5 Å². The molecule has 0 fully saturated rings. The van der Waals surface area contributed by atoms with Crippen LogP contribution in [0, 0.1) is 0 Å². The molecular weight excluding hydrogens is 232 g/mol. The highest BCUT2D eigenvalue weighted by Gasteiger charge is 2.49. The Labute approximate surface area is 105 Å². The minimum atomic E-state index is -1.03. The van der Waals surface area contributed by atoms with Gasteiger partial charge in [-0.25, -0.2) is 4.98 Å². The molecule has 96 valence electrons. The maximum absolute atomic E-state index is 12.5. The SMILES string of the molecule is CCC1(CC)C(=O)N(CC(=O)O)c2ncccc21. The number of anilines is 1. The normalized spacial score (nSPS) is 16.8. The monoisotopic (exact) mass is 248 g/mol. The molecule has 0 atom stereocenters. The highest BCUT2D eigenvalue weighted by atomic mass is 16.4. The Morgan fingerprint density at radius 2 is 2.11 bits per heavy atom. The van der Waals surface area contributed by atoms with Gasteiger partial charge in [0.1, 0.15) is 12.4 Å². The third kappa shape index (κ3) is 1.58. The van der Waals surface area contributed by atoms with Crippen LogP contribution >= 0.6 is 0 Å². The van der Waals surface area contributed by atoms with E-state index >= 15 is 0 Å². The van der Waals surface area contributed by atoms with Crippen LogP contribution in [0.5, 0.6) is 0 Å². The molecule has 0 bridgehead atoms. The molecule has 1 aromatic heterocycles. The van der Waals surface area contributed by atoms with Crippen molar-refractivity contribution in [2.75, 3.05) is 11.4 Å². The van der Waals surface area contributed by atoms with E-state index in [4.69, 9.17) is 5.11 Å². The Kier molecular flexibility index (Phi) is 3.07. The molecule has 1 amide bonds. The molecule has 18 heavy (non-hydrogen) atoms. The van der Waals surface area contributed by atoms with Crippen molar-refractivity contribution in [1.29, 1.82) is 0 Å². The first-order valence-electron chi connectivity index (χ1n) is 6.06. The second kappa shape index (κ2) is 4.40. The number of amides is 1. The fourth-order valence-corrected chi connectivity index (χ4v) is 2.67. The van der Waals surface area contributed by atoms with Gasteiger partial charge in [-0.05, 0) is 18.9 Å². The quantitative estimate of drug-likeness (QED) is 0.878. The zero-order valence-corrected chi connectivity index (χ0v) is 10.5. The number of hydrogen-bond acceptors (Lipinski definition) is 3. The van der Waals surface area contributed by atoms with Crippen molar-refractivity contribution in [3.63, 3.8) is 0 Å². The minimum absolute atomic E-state index is 0.149. The molecule has 1 aromatic rings. The van der Waals surface area contributed by atoms with Crippen LogP contribution in [0.2, 0.25) is 0 Å². The van der Waals surface area contributed by atoms with Crippen molar-refractivity contribution in [2.45, 2.75) is 32.1 Å². The third-order valence-electron chi connectivity index (χ3n) is 3.71. The second-order valence-electron chi connectivity index (χ2n) is 4.45. The molecule has 1 aliphatic heterocycles. The summed E-state index contributed by atoms with van der Waals surface area (Å²) in [6.07, 6.45) is 2.89. The zero-order valence-electron chi connectivity index (χ0n) is 10.5. The molecule has 1 N–H and O–H groups in total. The van der Waals surface area contributed by atoms with E-state index in [9.17, 15) is 9.59 Å². The predicted molar refractivity (Wildman–Crippen MR) is 66.5 cm³/mol. The molecule has 0 saturated carbocycles. The first kappa shape index (κ1) is 12.5. The van der Waals surface area contributed by atoms with Crippen molar-refractivity contribution in [3.05, 3.63) is 23.9 Å². The fraction of sp³-hybridized carbons (Fsp3) is 0.462. The molecule has 1 aliphatic rings. The van der Waals surface area contributed by atoms with Gasteiger partial charge < -0.3 is 5.11 Å². The molecular formula is C13H16N2O3. The molecule has 2 rings (SSSR count). The lowest BCUT2D eigenvalue weighted by molar-refractivity contribution is -0.137. The Morgan fingerprint density at radius 1 is 1.44 bits per heavy atom. The van der Waals surface area contributed by atoms with E-state index in [0.29, 0.717) is 18.7 Å². The molecule has 5 heteroatoms. The summed E-state index contributed by atoms with van der Waals surface area (Å²) in [5.41, 5.74) is 0.236. The maximum atomic E-state index is 12.5. The van der Waals surface area contributed by atoms with Crippen LogP contribution in [0.3, 0.4) is 0 Å². The second-order valence-corrected chi connectivity index (χ2v) is 4.45.